The zero-order valence-electron chi connectivity index (χ0n) is 2.71. The van der Waals surface area contributed by atoms with Crippen LogP contribution in [0.25, 0.3) is 0 Å². The van der Waals surface area contributed by atoms with Crippen LogP contribution >= 0.6 is 0 Å². The first kappa shape index (κ1) is 16.0. The molecule has 0 bridgehead atoms. The van der Waals surface area contributed by atoms with Crippen LogP contribution < -0.4 is 0 Å². The van der Waals surface area contributed by atoms with Gasteiger partial charge in [-0.2, -0.15) is 0 Å². The molecule has 38 valence electrons. The maximum atomic E-state index is 9.10. The Bertz CT molecular complexity index is 78.0. The number of carboxylic acids is 2. The summed E-state index contributed by atoms with van der Waals surface area (Å²) in [5.74, 6) is -3.65. The fourth-order valence-electron chi connectivity index (χ4n) is 0. The van der Waals surface area contributed by atoms with Crippen LogP contribution in [0.2, 0.25) is 0 Å². The van der Waals surface area contributed by atoms with Gasteiger partial charge in [-0.05, 0) is 0 Å². The topological polar surface area (TPSA) is 74.6 Å². The van der Waals surface area contributed by atoms with Crippen LogP contribution in [-0.2, 0) is 9.59 Å². The van der Waals surface area contributed by atoms with Gasteiger partial charge < -0.3 is 10.2 Å². The molecule has 0 radical (unpaired) electrons. The second-order valence-corrected chi connectivity index (χ2v) is 0.610. The standard InChI is InChI=1S/C2H2O4.2Na.2H/c3-1(4)2(5)6;;;;/h(H,3,4)(H,5,6);;;;. The summed E-state index contributed by atoms with van der Waals surface area (Å²) in [6.45, 7) is 0. The molecular formula is C2H4Na2O4. The van der Waals surface area contributed by atoms with Gasteiger partial charge in [0.1, 0.15) is 0 Å². The summed E-state index contributed by atoms with van der Waals surface area (Å²) >= 11 is 0. The van der Waals surface area contributed by atoms with Crippen LogP contribution in [0, 0.1) is 0 Å². The fourth-order valence-corrected chi connectivity index (χ4v) is 0. The van der Waals surface area contributed by atoms with Gasteiger partial charge in [-0.25, -0.2) is 9.59 Å². The van der Waals surface area contributed by atoms with Gasteiger partial charge in [-0.3, -0.25) is 0 Å². The Hall–Kier alpha value is 0.940. The van der Waals surface area contributed by atoms with Crippen LogP contribution in [0.3, 0.4) is 0 Å². The first-order valence-electron chi connectivity index (χ1n) is 1.11. The second-order valence-electron chi connectivity index (χ2n) is 0.610. The van der Waals surface area contributed by atoms with Crippen LogP contribution in [-0.4, -0.2) is 81.3 Å². The number of carboxylic acid groups (broad SMARTS) is 2. The third kappa shape index (κ3) is 10.0. The van der Waals surface area contributed by atoms with Crippen molar-refractivity contribution in [3.63, 3.8) is 0 Å². The number of hydrogen-bond donors (Lipinski definition) is 2. The van der Waals surface area contributed by atoms with E-state index in [0.29, 0.717) is 0 Å². The number of aliphatic carboxylic acids is 2. The summed E-state index contributed by atoms with van der Waals surface area (Å²) in [4.78, 5) is 18.2. The number of rotatable bonds is 0. The van der Waals surface area contributed by atoms with Gasteiger partial charge in [0.15, 0.2) is 0 Å². The molecule has 0 heterocycles. The van der Waals surface area contributed by atoms with Crippen LogP contribution in [0.1, 0.15) is 0 Å². The molecule has 0 saturated carbocycles. The first-order valence-corrected chi connectivity index (χ1v) is 1.11. The SMILES string of the molecule is O=C(O)C(=O)O.[NaH].[NaH]. The summed E-state index contributed by atoms with van der Waals surface area (Å²) in [6.07, 6.45) is 0. The normalized spacial score (nSPS) is 5.50. The summed E-state index contributed by atoms with van der Waals surface area (Å²) in [6, 6.07) is 0. The van der Waals surface area contributed by atoms with Crippen molar-refractivity contribution in [2.24, 2.45) is 0 Å². The van der Waals surface area contributed by atoms with Gasteiger partial charge in [-0.1, -0.05) is 0 Å². The van der Waals surface area contributed by atoms with Crippen molar-refractivity contribution >= 4 is 71.1 Å². The Morgan fingerprint density at radius 3 is 1.00 bits per heavy atom. The maximum absolute atomic E-state index is 9.10. The summed E-state index contributed by atoms with van der Waals surface area (Å²) < 4.78 is 0. The van der Waals surface area contributed by atoms with Gasteiger partial charge in [0, 0.05) is 0 Å². The van der Waals surface area contributed by atoms with E-state index < -0.39 is 11.9 Å². The zero-order chi connectivity index (χ0) is 5.15. The third-order valence-corrected chi connectivity index (χ3v) is 0.183. The molecule has 0 amide bonds. The van der Waals surface area contributed by atoms with E-state index in [1.807, 2.05) is 0 Å². The van der Waals surface area contributed by atoms with Gasteiger partial charge in [-0.15, -0.1) is 0 Å². The van der Waals surface area contributed by atoms with Crippen molar-refractivity contribution in [3.05, 3.63) is 0 Å². The van der Waals surface area contributed by atoms with E-state index in [-0.39, 0.29) is 59.1 Å². The Labute approximate surface area is 89.8 Å². The molecule has 0 aliphatic carbocycles. The van der Waals surface area contributed by atoms with E-state index in [1.165, 1.54) is 0 Å². The Kier molecular flexibility index (Phi) is 15.9. The summed E-state index contributed by atoms with van der Waals surface area (Å²) in [5.41, 5.74) is 0. The molecule has 0 saturated heterocycles. The van der Waals surface area contributed by atoms with Crippen molar-refractivity contribution < 1.29 is 19.8 Å². The molecule has 0 aromatic carbocycles. The number of carbonyl (C=O) groups is 2. The average molecular weight is 138 g/mol. The predicted molar refractivity (Wildman–Crippen MR) is 29.6 cm³/mol. The molecule has 0 aliphatic heterocycles. The summed E-state index contributed by atoms with van der Waals surface area (Å²) in [7, 11) is 0. The predicted octanol–water partition coefficient (Wildman–Crippen LogP) is -2.14. The van der Waals surface area contributed by atoms with Crippen molar-refractivity contribution in [1.29, 1.82) is 0 Å². The number of hydrogen-bond acceptors (Lipinski definition) is 2. The fraction of sp³-hybridized carbons (Fsp3) is 0. The molecule has 0 aromatic heterocycles. The van der Waals surface area contributed by atoms with E-state index >= 15 is 0 Å². The van der Waals surface area contributed by atoms with E-state index in [2.05, 4.69) is 0 Å². The van der Waals surface area contributed by atoms with Crippen molar-refractivity contribution in [2.45, 2.75) is 0 Å². The van der Waals surface area contributed by atoms with Crippen molar-refractivity contribution in [2.75, 3.05) is 0 Å². The van der Waals surface area contributed by atoms with Gasteiger partial charge >= 0.3 is 71.1 Å². The Morgan fingerprint density at radius 1 is 0.875 bits per heavy atom. The van der Waals surface area contributed by atoms with E-state index in [4.69, 9.17) is 19.8 Å². The minimum atomic E-state index is -1.82. The zero-order valence-corrected chi connectivity index (χ0v) is 2.71. The summed E-state index contributed by atoms with van der Waals surface area (Å²) in [5, 5.41) is 14.8. The van der Waals surface area contributed by atoms with E-state index in [0.717, 1.165) is 0 Å². The molecular weight excluding hydrogens is 134 g/mol. The quantitative estimate of drug-likeness (QED) is 0.296. The van der Waals surface area contributed by atoms with Crippen LogP contribution in [0.5, 0.6) is 0 Å². The molecule has 2 N–H and O–H groups in total. The molecule has 4 nitrogen and oxygen atoms in total. The minimum absolute atomic E-state index is 0. The second kappa shape index (κ2) is 7.94. The molecule has 0 aliphatic rings. The molecule has 0 rings (SSSR count). The Balaban J connectivity index is -0.000000125. The van der Waals surface area contributed by atoms with Gasteiger partial charge in [0.2, 0.25) is 0 Å². The molecule has 0 fully saturated rings. The first-order chi connectivity index (χ1) is 2.64. The van der Waals surface area contributed by atoms with E-state index in [9.17, 15) is 0 Å². The molecule has 0 unspecified atom stereocenters. The van der Waals surface area contributed by atoms with Crippen molar-refractivity contribution in [3.8, 4) is 0 Å². The monoisotopic (exact) mass is 138 g/mol. The average Bonchev–Trinajstić information content (AvgIpc) is 1.36. The molecule has 0 atom stereocenters. The van der Waals surface area contributed by atoms with Crippen LogP contribution in [0.15, 0.2) is 0 Å². The molecule has 0 spiro atoms. The van der Waals surface area contributed by atoms with E-state index in [1.54, 1.807) is 0 Å². The third-order valence-electron chi connectivity index (χ3n) is 0.183. The van der Waals surface area contributed by atoms with Gasteiger partial charge in [0.25, 0.3) is 0 Å². The molecule has 6 heteroatoms. The van der Waals surface area contributed by atoms with Crippen molar-refractivity contribution in [1.82, 2.24) is 0 Å². The van der Waals surface area contributed by atoms with Gasteiger partial charge in [0.05, 0.1) is 0 Å². The molecule has 0 aromatic rings. The Morgan fingerprint density at radius 2 is 1.00 bits per heavy atom. The van der Waals surface area contributed by atoms with Crippen LogP contribution in [0.4, 0.5) is 0 Å². The molecule has 8 heavy (non-hydrogen) atoms.